The third-order valence-corrected chi connectivity index (χ3v) is 5.84. The molecule has 2 fully saturated rings. The van der Waals surface area contributed by atoms with E-state index >= 15 is 0 Å². The predicted molar refractivity (Wildman–Crippen MR) is 96.0 cm³/mol. The van der Waals surface area contributed by atoms with Crippen molar-refractivity contribution in [2.45, 2.75) is 6.54 Å². The molecule has 5 nitrogen and oxygen atoms in total. The van der Waals surface area contributed by atoms with Gasteiger partial charge in [0.2, 0.25) is 0 Å². The highest BCUT2D eigenvalue weighted by molar-refractivity contribution is 5.93. The monoisotopic (exact) mass is 339 g/mol. The summed E-state index contributed by atoms with van der Waals surface area (Å²) in [6.07, 6.45) is 1.90. The van der Waals surface area contributed by atoms with Crippen LogP contribution < -0.4 is 0 Å². The van der Waals surface area contributed by atoms with Crippen molar-refractivity contribution in [3.63, 3.8) is 0 Å². The number of carbonyl (C=O) groups excluding carboxylic acids is 1. The molecule has 0 aliphatic carbocycles. The number of hydrogen-bond acceptors (Lipinski definition) is 3. The van der Waals surface area contributed by atoms with E-state index in [2.05, 4.69) is 29.2 Å². The lowest BCUT2D eigenvalue weighted by atomic mass is 9.82. The SMILES string of the molecule is Cn1cccc1C(=O)N1C[C@H]2CN(Cc3ccccc3)C[C@@]2(CO)C1. The molecule has 2 atom stereocenters. The van der Waals surface area contributed by atoms with Crippen molar-refractivity contribution in [1.29, 1.82) is 0 Å². The van der Waals surface area contributed by atoms with Crippen molar-refractivity contribution in [3.05, 3.63) is 59.9 Å². The van der Waals surface area contributed by atoms with Gasteiger partial charge in [0.05, 0.1) is 6.61 Å². The number of aliphatic hydroxyl groups is 1. The molecule has 25 heavy (non-hydrogen) atoms. The summed E-state index contributed by atoms with van der Waals surface area (Å²) in [4.78, 5) is 17.1. The highest BCUT2D eigenvalue weighted by atomic mass is 16.3. The van der Waals surface area contributed by atoms with Gasteiger partial charge in [-0.2, -0.15) is 0 Å². The Labute approximate surface area is 148 Å². The van der Waals surface area contributed by atoms with E-state index < -0.39 is 0 Å². The first-order valence-electron chi connectivity index (χ1n) is 8.89. The molecule has 5 heteroatoms. The molecule has 0 radical (unpaired) electrons. The first-order valence-corrected chi connectivity index (χ1v) is 8.89. The van der Waals surface area contributed by atoms with E-state index in [1.807, 2.05) is 40.9 Å². The van der Waals surface area contributed by atoms with Gasteiger partial charge in [-0.3, -0.25) is 9.69 Å². The second-order valence-corrected chi connectivity index (χ2v) is 7.56. The zero-order valence-electron chi connectivity index (χ0n) is 14.6. The number of hydrogen-bond donors (Lipinski definition) is 1. The van der Waals surface area contributed by atoms with Crippen LogP contribution in [0.25, 0.3) is 0 Å². The van der Waals surface area contributed by atoms with E-state index in [-0.39, 0.29) is 17.9 Å². The molecule has 2 aromatic rings. The minimum absolute atomic E-state index is 0.0735. The maximum Gasteiger partial charge on any atom is 0.270 e. The number of carbonyl (C=O) groups is 1. The molecule has 3 heterocycles. The van der Waals surface area contributed by atoms with Crippen LogP contribution in [0.4, 0.5) is 0 Å². The third kappa shape index (κ3) is 2.87. The topological polar surface area (TPSA) is 48.7 Å². The fraction of sp³-hybridized carbons (Fsp3) is 0.450. The second-order valence-electron chi connectivity index (χ2n) is 7.56. The molecule has 2 aliphatic rings. The van der Waals surface area contributed by atoms with E-state index in [0.29, 0.717) is 18.2 Å². The molecular formula is C20H25N3O2. The summed E-state index contributed by atoms with van der Waals surface area (Å²) in [6.45, 7) is 4.20. The standard InChI is InChI=1S/C20H25N3O2/c1-21-9-5-8-18(21)19(25)23-12-17-11-22(13-20(17,14-23)15-24)10-16-6-3-2-4-7-16/h2-9,17,24H,10-15H2,1H3/t17-,20+/m1/s1. The number of aliphatic hydroxyl groups excluding tert-OH is 1. The van der Waals surface area contributed by atoms with Crippen molar-refractivity contribution in [1.82, 2.24) is 14.4 Å². The van der Waals surface area contributed by atoms with Gasteiger partial charge in [0.1, 0.15) is 5.69 Å². The number of nitrogens with zero attached hydrogens (tertiary/aromatic N) is 3. The van der Waals surface area contributed by atoms with Crippen LogP contribution in [0.3, 0.4) is 0 Å². The summed E-state index contributed by atoms with van der Waals surface area (Å²) in [7, 11) is 1.90. The first kappa shape index (κ1) is 16.4. The Bertz CT molecular complexity index is 757. The van der Waals surface area contributed by atoms with Gasteiger partial charge in [-0.05, 0) is 23.6 Å². The van der Waals surface area contributed by atoms with Gasteiger partial charge in [-0.1, -0.05) is 30.3 Å². The average Bonchev–Trinajstić information content (AvgIpc) is 3.27. The first-order chi connectivity index (χ1) is 12.1. The molecule has 1 aromatic carbocycles. The molecule has 0 unspecified atom stereocenters. The highest BCUT2D eigenvalue weighted by Gasteiger charge is 2.53. The summed E-state index contributed by atoms with van der Waals surface area (Å²) in [5.41, 5.74) is 1.83. The molecule has 1 N–H and O–H groups in total. The van der Waals surface area contributed by atoms with Crippen molar-refractivity contribution >= 4 is 5.91 Å². The molecule has 0 saturated carbocycles. The Morgan fingerprint density at radius 3 is 2.60 bits per heavy atom. The number of aryl methyl sites for hydroxylation is 1. The average molecular weight is 339 g/mol. The van der Waals surface area contributed by atoms with E-state index in [0.717, 1.165) is 26.2 Å². The van der Waals surface area contributed by atoms with E-state index in [4.69, 9.17) is 0 Å². The lowest BCUT2D eigenvalue weighted by molar-refractivity contribution is 0.0710. The molecule has 1 aromatic heterocycles. The smallest absolute Gasteiger partial charge is 0.270 e. The van der Waals surface area contributed by atoms with Crippen LogP contribution in [0.5, 0.6) is 0 Å². The van der Waals surface area contributed by atoms with Gasteiger partial charge in [0, 0.05) is 51.4 Å². The van der Waals surface area contributed by atoms with Crippen molar-refractivity contribution in [2.24, 2.45) is 18.4 Å². The van der Waals surface area contributed by atoms with Gasteiger partial charge in [-0.15, -0.1) is 0 Å². The van der Waals surface area contributed by atoms with Gasteiger partial charge in [-0.25, -0.2) is 0 Å². The number of amides is 1. The van der Waals surface area contributed by atoms with Gasteiger partial charge in [0.15, 0.2) is 0 Å². The fourth-order valence-corrected chi connectivity index (χ4v) is 4.48. The number of benzene rings is 1. The van der Waals surface area contributed by atoms with Crippen molar-refractivity contribution in [2.75, 3.05) is 32.8 Å². The third-order valence-electron chi connectivity index (χ3n) is 5.84. The molecule has 1 amide bonds. The highest BCUT2D eigenvalue weighted by Crippen LogP contribution is 2.43. The Morgan fingerprint density at radius 1 is 1.16 bits per heavy atom. The fourth-order valence-electron chi connectivity index (χ4n) is 4.48. The van der Waals surface area contributed by atoms with E-state index in [1.165, 1.54) is 5.56 Å². The molecule has 2 aliphatic heterocycles. The lowest BCUT2D eigenvalue weighted by Crippen LogP contribution is -2.39. The molecule has 0 bridgehead atoms. The van der Waals surface area contributed by atoms with Crippen molar-refractivity contribution < 1.29 is 9.90 Å². The van der Waals surface area contributed by atoms with E-state index in [9.17, 15) is 9.90 Å². The molecule has 0 spiro atoms. The number of rotatable bonds is 4. The van der Waals surface area contributed by atoms with Crippen molar-refractivity contribution in [3.8, 4) is 0 Å². The maximum atomic E-state index is 12.8. The minimum Gasteiger partial charge on any atom is -0.396 e. The van der Waals surface area contributed by atoms with Crippen LogP contribution >= 0.6 is 0 Å². The summed E-state index contributed by atoms with van der Waals surface area (Å²) in [6, 6.07) is 14.2. The minimum atomic E-state index is -0.185. The zero-order chi connectivity index (χ0) is 17.4. The molecule has 2 saturated heterocycles. The quantitative estimate of drug-likeness (QED) is 0.920. The second kappa shape index (κ2) is 6.32. The van der Waals surface area contributed by atoms with Crippen LogP contribution in [0.2, 0.25) is 0 Å². The summed E-state index contributed by atoms with van der Waals surface area (Å²) in [5.74, 6) is 0.412. The molecular weight excluding hydrogens is 314 g/mol. The number of likely N-dealkylation sites (tertiary alicyclic amines) is 2. The van der Waals surface area contributed by atoms with Crippen LogP contribution in [0.1, 0.15) is 16.1 Å². The normalized spacial score (nSPS) is 26.2. The molecule has 132 valence electrons. The Balaban J connectivity index is 1.46. The number of fused-ring (bicyclic) bond motifs is 1. The van der Waals surface area contributed by atoms with Crippen LogP contribution in [-0.4, -0.2) is 58.2 Å². The molecule has 4 rings (SSSR count). The largest absolute Gasteiger partial charge is 0.396 e. The lowest BCUT2D eigenvalue weighted by Gasteiger charge is -2.27. The van der Waals surface area contributed by atoms with Crippen LogP contribution in [0.15, 0.2) is 48.7 Å². The van der Waals surface area contributed by atoms with Crippen LogP contribution in [0, 0.1) is 11.3 Å². The van der Waals surface area contributed by atoms with Gasteiger partial charge < -0.3 is 14.6 Å². The predicted octanol–water partition coefficient (Wildman–Crippen LogP) is 1.59. The Hall–Kier alpha value is -2.11. The Morgan fingerprint density at radius 2 is 1.96 bits per heavy atom. The Kier molecular flexibility index (Phi) is 4.13. The van der Waals surface area contributed by atoms with E-state index in [1.54, 1.807) is 0 Å². The summed E-state index contributed by atoms with van der Waals surface area (Å²) < 4.78 is 1.86. The maximum absolute atomic E-state index is 12.8. The van der Waals surface area contributed by atoms with Crippen LogP contribution in [-0.2, 0) is 13.6 Å². The summed E-state index contributed by atoms with van der Waals surface area (Å²) in [5, 5.41) is 10.1. The zero-order valence-corrected chi connectivity index (χ0v) is 14.6. The number of aromatic nitrogens is 1. The van der Waals surface area contributed by atoms with Gasteiger partial charge in [0.25, 0.3) is 5.91 Å². The van der Waals surface area contributed by atoms with Gasteiger partial charge >= 0.3 is 0 Å². The summed E-state index contributed by atoms with van der Waals surface area (Å²) >= 11 is 0.